The van der Waals surface area contributed by atoms with E-state index < -0.39 is 0 Å². The molecule has 0 spiro atoms. The lowest BCUT2D eigenvalue weighted by atomic mass is 10.3. The first-order chi connectivity index (χ1) is 10.1. The van der Waals surface area contributed by atoms with E-state index in [2.05, 4.69) is 10.3 Å². The Balaban J connectivity index is 1.80. The lowest BCUT2D eigenvalue weighted by Crippen LogP contribution is -2.32. The van der Waals surface area contributed by atoms with E-state index in [1.165, 1.54) is 11.8 Å². The SMILES string of the molecule is CC[C@H]1SC(NC(=O)COc2ccc(OC)cc2)=NC1=O. The van der Waals surface area contributed by atoms with Crippen LogP contribution in [0.1, 0.15) is 13.3 Å². The summed E-state index contributed by atoms with van der Waals surface area (Å²) in [5.41, 5.74) is 0. The zero-order valence-corrected chi connectivity index (χ0v) is 12.6. The van der Waals surface area contributed by atoms with Crippen LogP contribution in [-0.2, 0) is 9.59 Å². The molecule has 1 aliphatic rings. The van der Waals surface area contributed by atoms with Gasteiger partial charge in [-0.25, -0.2) is 0 Å². The highest BCUT2D eigenvalue weighted by Gasteiger charge is 2.27. The quantitative estimate of drug-likeness (QED) is 0.894. The van der Waals surface area contributed by atoms with E-state index in [1.54, 1.807) is 31.4 Å². The number of benzene rings is 1. The minimum absolute atomic E-state index is 0.142. The van der Waals surface area contributed by atoms with Crippen molar-refractivity contribution in [3.05, 3.63) is 24.3 Å². The molecule has 0 aromatic heterocycles. The van der Waals surface area contributed by atoms with Crippen molar-refractivity contribution in [3.8, 4) is 11.5 Å². The number of carbonyl (C=O) groups excluding carboxylic acids is 2. The lowest BCUT2D eigenvalue weighted by Gasteiger charge is -2.08. The highest BCUT2D eigenvalue weighted by atomic mass is 32.2. The van der Waals surface area contributed by atoms with Gasteiger partial charge in [-0.2, -0.15) is 4.99 Å². The molecule has 1 atom stereocenters. The molecule has 1 heterocycles. The molecule has 7 heteroatoms. The number of ether oxygens (including phenoxy) is 2. The molecule has 1 aliphatic heterocycles. The lowest BCUT2D eigenvalue weighted by molar-refractivity contribution is -0.121. The first kappa shape index (κ1) is 15.4. The molecule has 0 fully saturated rings. The van der Waals surface area contributed by atoms with Crippen LogP contribution in [-0.4, -0.2) is 35.9 Å². The Morgan fingerprint density at radius 2 is 2.00 bits per heavy atom. The summed E-state index contributed by atoms with van der Waals surface area (Å²) < 4.78 is 10.4. The van der Waals surface area contributed by atoms with Crippen molar-refractivity contribution in [2.24, 2.45) is 4.99 Å². The van der Waals surface area contributed by atoms with E-state index in [0.29, 0.717) is 23.1 Å². The van der Waals surface area contributed by atoms with Gasteiger partial charge in [0, 0.05) is 0 Å². The van der Waals surface area contributed by atoms with E-state index in [-0.39, 0.29) is 23.7 Å². The number of methoxy groups -OCH3 is 1. The number of amides is 2. The molecule has 1 N–H and O–H groups in total. The highest BCUT2D eigenvalue weighted by molar-refractivity contribution is 8.15. The van der Waals surface area contributed by atoms with Crippen LogP contribution in [0.2, 0.25) is 0 Å². The number of rotatable bonds is 5. The number of thioether (sulfide) groups is 1. The molecule has 6 nitrogen and oxygen atoms in total. The second-order valence-corrected chi connectivity index (χ2v) is 5.47. The van der Waals surface area contributed by atoms with Gasteiger partial charge in [0.25, 0.3) is 11.8 Å². The van der Waals surface area contributed by atoms with E-state index in [0.717, 1.165) is 0 Å². The normalized spacial score (nSPS) is 17.3. The average Bonchev–Trinajstić information content (AvgIpc) is 2.85. The predicted molar refractivity (Wildman–Crippen MR) is 80.7 cm³/mol. The van der Waals surface area contributed by atoms with Crippen LogP contribution in [0.25, 0.3) is 0 Å². The van der Waals surface area contributed by atoms with Crippen molar-refractivity contribution >= 4 is 28.7 Å². The molecular weight excluding hydrogens is 292 g/mol. The molecule has 1 aromatic carbocycles. The molecule has 2 amide bonds. The van der Waals surface area contributed by atoms with Gasteiger partial charge in [0.15, 0.2) is 11.8 Å². The van der Waals surface area contributed by atoms with Crippen LogP contribution >= 0.6 is 11.8 Å². The van der Waals surface area contributed by atoms with Crippen LogP contribution in [0.15, 0.2) is 29.3 Å². The molecule has 1 aromatic rings. The Morgan fingerprint density at radius 3 is 2.57 bits per heavy atom. The van der Waals surface area contributed by atoms with Crippen LogP contribution in [0, 0.1) is 0 Å². The third-order valence-electron chi connectivity index (χ3n) is 2.79. The zero-order valence-electron chi connectivity index (χ0n) is 11.8. The number of amidine groups is 1. The Hall–Kier alpha value is -2.02. The van der Waals surface area contributed by atoms with E-state index in [4.69, 9.17) is 9.47 Å². The Bertz CT molecular complexity index is 557. The van der Waals surface area contributed by atoms with Gasteiger partial charge in [0.05, 0.1) is 12.4 Å². The topological polar surface area (TPSA) is 77.0 Å². The van der Waals surface area contributed by atoms with Crippen LogP contribution in [0.5, 0.6) is 11.5 Å². The summed E-state index contributed by atoms with van der Waals surface area (Å²) >= 11 is 1.27. The molecule has 0 aliphatic carbocycles. The van der Waals surface area contributed by atoms with Crippen molar-refractivity contribution in [2.45, 2.75) is 18.6 Å². The van der Waals surface area contributed by atoms with E-state index in [1.807, 2.05) is 6.92 Å². The van der Waals surface area contributed by atoms with Crippen LogP contribution in [0.3, 0.4) is 0 Å². The van der Waals surface area contributed by atoms with Gasteiger partial charge >= 0.3 is 0 Å². The number of hydrogen-bond acceptors (Lipinski definition) is 5. The number of carbonyl (C=O) groups is 2. The van der Waals surface area contributed by atoms with Crippen molar-refractivity contribution < 1.29 is 19.1 Å². The maximum Gasteiger partial charge on any atom is 0.263 e. The predicted octanol–water partition coefficient (Wildman–Crippen LogP) is 1.60. The van der Waals surface area contributed by atoms with Gasteiger partial charge in [-0.3, -0.25) is 9.59 Å². The number of aliphatic imine (C=N–C) groups is 1. The third kappa shape index (κ3) is 4.22. The van der Waals surface area contributed by atoms with E-state index >= 15 is 0 Å². The van der Waals surface area contributed by atoms with Gasteiger partial charge in [-0.15, -0.1) is 0 Å². The van der Waals surface area contributed by atoms with E-state index in [9.17, 15) is 9.59 Å². The van der Waals surface area contributed by atoms with Gasteiger partial charge in [0.2, 0.25) is 0 Å². The summed E-state index contributed by atoms with van der Waals surface area (Å²) in [6, 6.07) is 6.92. The van der Waals surface area contributed by atoms with Crippen molar-refractivity contribution in [1.29, 1.82) is 0 Å². The van der Waals surface area contributed by atoms with Crippen LogP contribution in [0.4, 0.5) is 0 Å². The number of nitrogens with one attached hydrogen (secondary N) is 1. The first-order valence-corrected chi connectivity index (χ1v) is 7.36. The zero-order chi connectivity index (χ0) is 15.2. The van der Waals surface area contributed by atoms with Crippen molar-refractivity contribution in [3.63, 3.8) is 0 Å². The molecule has 112 valence electrons. The fraction of sp³-hybridized carbons (Fsp3) is 0.357. The summed E-state index contributed by atoms with van der Waals surface area (Å²) in [5, 5.41) is 2.72. The molecule has 0 saturated carbocycles. The summed E-state index contributed by atoms with van der Waals surface area (Å²) in [5.74, 6) is 0.734. The summed E-state index contributed by atoms with van der Waals surface area (Å²) in [6.45, 7) is 1.76. The Labute approximate surface area is 126 Å². The smallest absolute Gasteiger partial charge is 0.263 e. The Kier molecular flexibility index (Phi) is 5.21. The largest absolute Gasteiger partial charge is 0.497 e. The molecule has 0 saturated heterocycles. The summed E-state index contributed by atoms with van der Waals surface area (Å²) in [4.78, 5) is 27.0. The van der Waals surface area contributed by atoms with Gasteiger partial charge in [-0.1, -0.05) is 18.7 Å². The number of hydrogen-bond donors (Lipinski definition) is 1. The number of nitrogens with zero attached hydrogens (tertiary/aromatic N) is 1. The van der Waals surface area contributed by atoms with Crippen molar-refractivity contribution in [1.82, 2.24) is 5.32 Å². The first-order valence-electron chi connectivity index (χ1n) is 6.48. The molecular formula is C14H16N2O4S. The van der Waals surface area contributed by atoms with Gasteiger partial charge in [-0.05, 0) is 30.7 Å². The van der Waals surface area contributed by atoms with Gasteiger partial charge < -0.3 is 14.8 Å². The second kappa shape index (κ2) is 7.12. The fourth-order valence-corrected chi connectivity index (χ4v) is 2.58. The fourth-order valence-electron chi connectivity index (χ4n) is 1.68. The summed E-state index contributed by atoms with van der Waals surface area (Å²) in [6.07, 6.45) is 0.689. The maximum atomic E-state index is 11.7. The minimum Gasteiger partial charge on any atom is -0.497 e. The highest BCUT2D eigenvalue weighted by Crippen LogP contribution is 2.23. The summed E-state index contributed by atoms with van der Waals surface area (Å²) in [7, 11) is 1.58. The van der Waals surface area contributed by atoms with Gasteiger partial charge in [0.1, 0.15) is 11.5 Å². The second-order valence-electron chi connectivity index (χ2n) is 4.28. The molecule has 0 unspecified atom stereocenters. The monoisotopic (exact) mass is 308 g/mol. The molecule has 2 rings (SSSR count). The molecule has 0 radical (unpaired) electrons. The van der Waals surface area contributed by atoms with Crippen molar-refractivity contribution in [2.75, 3.05) is 13.7 Å². The minimum atomic E-state index is -0.346. The molecule has 21 heavy (non-hydrogen) atoms. The Morgan fingerprint density at radius 1 is 1.33 bits per heavy atom. The maximum absolute atomic E-state index is 11.7. The average molecular weight is 308 g/mol. The standard InChI is InChI=1S/C14H16N2O4S/c1-3-11-13(18)16-14(21-11)15-12(17)8-20-10-6-4-9(19-2)5-7-10/h4-7,11H,3,8H2,1-2H3,(H,15,16,17,18)/t11-/m1/s1. The molecule has 0 bridgehead atoms. The van der Waals surface area contributed by atoms with Crippen LogP contribution < -0.4 is 14.8 Å². The third-order valence-corrected chi connectivity index (χ3v) is 4.02.